The maximum Gasteiger partial charge on any atom is 0.346 e. The Kier molecular flexibility index (Phi) is 5.45. The minimum absolute atomic E-state index is 0.270. The summed E-state index contributed by atoms with van der Waals surface area (Å²) in [6, 6.07) is 2.12. The molecule has 90 valence electrons. The zero-order valence-electron chi connectivity index (χ0n) is 9.53. The average Bonchev–Trinajstić information content (AvgIpc) is 2.72. The van der Waals surface area contributed by atoms with Gasteiger partial charge in [0.1, 0.15) is 4.88 Å². The average molecular weight is 243 g/mol. The van der Waals surface area contributed by atoms with Crippen LogP contribution in [0.25, 0.3) is 0 Å². The first-order chi connectivity index (χ1) is 7.69. The van der Waals surface area contributed by atoms with Crippen LogP contribution in [0.4, 0.5) is 0 Å². The van der Waals surface area contributed by atoms with Crippen molar-refractivity contribution in [2.75, 3.05) is 13.7 Å². The Morgan fingerprint density at radius 2 is 2.44 bits per heavy atom. The molecule has 0 fully saturated rings. The minimum atomic E-state index is -0.855. The minimum Gasteiger partial charge on any atom is -0.477 e. The van der Waals surface area contributed by atoms with Crippen molar-refractivity contribution < 1.29 is 14.6 Å². The number of carbonyl (C=O) groups is 1. The van der Waals surface area contributed by atoms with Crippen molar-refractivity contribution in [1.29, 1.82) is 0 Å². The Balaban J connectivity index is 2.53. The molecule has 5 heteroatoms. The molecule has 0 saturated carbocycles. The molecule has 0 aliphatic rings. The lowest BCUT2D eigenvalue weighted by Gasteiger charge is -2.15. The molecule has 0 aromatic carbocycles. The van der Waals surface area contributed by atoms with E-state index in [-0.39, 0.29) is 6.04 Å². The van der Waals surface area contributed by atoms with E-state index in [2.05, 4.69) is 12.2 Å². The molecule has 16 heavy (non-hydrogen) atoms. The van der Waals surface area contributed by atoms with Crippen LogP contribution in [0.5, 0.6) is 0 Å². The smallest absolute Gasteiger partial charge is 0.346 e. The summed E-state index contributed by atoms with van der Waals surface area (Å²) < 4.78 is 5.07. The highest BCUT2D eigenvalue weighted by Crippen LogP contribution is 2.16. The van der Waals surface area contributed by atoms with Crippen molar-refractivity contribution in [3.05, 3.63) is 21.9 Å². The molecule has 2 N–H and O–H groups in total. The van der Waals surface area contributed by atoms with Gasteiger partial charge in [0.25, 0.3) is 0 Å². The maximum atomic E-state index is 10.9. The molecule has 1 aromatic rings. The molecule has 1 atom stereocenters. The monoisotopic (exact) mass is 243 g/mol. The molecule has 0 spiro atoms. The van der Waals surface area contributed by atoms with Crippen molar-refractivity contribution in [3.8, 4) is 0 Å². The molecular weight excluding hydrogens is 226 g/mol. The van der Waals surface area contributed by atoms with E-state index in [4.69, 9.17) is 9.84 Å². The number of hydrogen-bond acceptors (Lipinski definition) is 4. The number of methoxy groups -OCH3 is 1. The third kappa shape index (κ3) is 3.59. The first-order valence-electron chi connectivity index (χ1n) is 5.21. The van der Waals surface area contributed by atoms with Crippen LogP contribution in [-0.4, -0.2) is 30.8 Å². The van der Waals surface area contributed by atoms with E-state index in [0.717, 1.165) is 12.0 Å². The van der Waals surface area contributed by atoms with E-state index in [0.29, 0.717) is 18.0 Å². The summed E-state index contributed by atoms with van der Waals surface area (Å²) in [6.45, 7) is 3.29. The summed E-state index contributed by atoms with van der Waals surface area (Å²) in [4.78, 5) is 11.3. The van der Waals surface area contributed by atoms with Gasteiger partial charge in [0, 0.05) is 19.7 Å². The van der Waals surface area contributed by atoms with Crippen LogP contribution in [-0.2, 0) is 11.3 Å². The summed E-state index contributed by atoms with van der Waals surface area (Å²) in [5.74, 6) is -0.855. The molecule has 0 saturated heterocycles. The molecule has 1 rings (SSSR count). The Morgan fingerprint density at radius 3 is 3.00 bits per heavy atom. The van der Waals surface area contributed by atoms with Gasteiger partial charge in [0.05, 0.1) is 6.61 Å². The molecule has 1 aromatic heterocycles. The van der Waals surface area contributed by atoms with Gasteiger partial charge in [0.15, 0.2) is 0 Å². The Hall–Kier alpha value is -0.910. The van der Waals surface area contributed by atoms with Crippen molar-refractivity contribution in [3.63, 3.8) is 0 Å². The van der Waals surface area contributed by atoms with Gasteiger partial charge >= 0.3 is 5.97 Å². The highest BCUT2D eigenvalue weighted by Gasteiger charge is 2.12. The van der Waals surface area contributed by atoms with Crippen molar-refractivity contribution in [2.45, 2.75) is 25.9 Å². The Bertz CT molecular complexity index is 338. The number of carboxylic acid groups (broad SMARTS) is 1. The SMILES string of the molecule is CCC(COC)NCc1ccsc1C(=O)O. The molecule has 1 unspecified atom stereocenters. The van der Waals surface area contributed by atoms with Gasteiger partial charge in [0.2, 0.25) is 0 Å². The maximum absolute atomic E-state index is 10.9. The van der Waals surface area contributed by atoms with E-state index in [1.54, 1.807) is 12.5 Å². The van der Waals surface area contributed by atoms with Crippen LogP contribution in [0.1, 0.15) is 28.6 Å². The number of hydrogen-bond donors (Lipinski definition) is 2. The summed E-state index contributed by atoms with van der Waals surface area (Å²) >= 11 is 1.26. The zero-order chi connectivity index (χ0) is 12.0. The van der Waals surface area contributed by atoms with Crippen LogP contribution in [0.2, 0.25) is 0 Å². The fraction of sp³-hybridized carbons (Fsp3) is 0.545. The second-order valence-corrected chi connectivity index (χ2v) is 4.44. The second-order valence-electron chi connectivity index (χ2n) is 3.52. The highest BCUT2D eigenvalue weighted by atomic mass is 32.1. The van der Waals surface area contributed by atoms with Crippen molar-refractivity contribution >= 4 is 17.3 Å². The molecule has 0 aliphatic carbocycles. The summed E-state index contributed by atoms with van der Waals surface area (Å²) in [5.41, 5.74) is 0.840. The third-order valence-corrected chi connectivity index (χ3v) is 3.33. The largest absolute Gasteiger partial charge is 0.477 e. The number of ether oxygens (including phenoxy) is 1. The lowest BCUT2D eigenvalue weighted by molar-refractivity contribution is 0.0701. The number of rotatable bonds is 7. The van der Waals surface area contributed by atoms with Crippen LogP contribution in [0, 0.1) is 0 Å². The van der Waals surface area contributed by atoms with Gasteiger partial charge in [-0.3, -0.25) is 0 Å². The first-order valence-corrected chi connectivity index (χ1v) is 6.09. The second kappa shape index (κ2) is 6.62. The summed E-state index contributed by atoms with van der Waals surface area (Å²) in [7, 11) is 1.66. The quantitative estimate of drug-likeness (QED) is 0.768. The fourth-order valence-corrected chi connectivity index (χ4v) is 2.20. The van der Waals surface area contributed by atoms with Gasteiger partial charge in [-0.2, -0.15) is 0 Å². The van der Waals surface area contributed by atoms with Gasteiger partial charge < -0.3 is 15.2 Å². The fourth-order valence-electron chi connectivity index (χ4n) is 1.44. The van der Waals surface area contributed by atoms with E-state index in [1.165, 1.54) is 11.3 Å². The van der Waals surface area contributed by atoms with Gasteiger partial charge in [-0.1, -0.05) is 6.92 Å². The van der Waals surface area contributed by atoms with E-state index in [1.807, 2.05) is 6.07 Å². The van der Waals surface area contributed by atoms with Gasteiger partial charge in [-0.15, -0.1) is 11.3 Å². The third-order valence-electron chi connectivity index (χ3n) is 2.38. The zero-order valence-corrected chi connectivity index (χ0v) is 10.3. The van der Waals surface area contributed by atoms with Gasteiger partial charge in [-0.05, 0) is 23.4 Å². The molecule has 0 amide bonds. The van der Waals surface area contributed by atoms with Crippen LogP contribution in [0.15, 0.2) is 11.4 Å². The summed E-state index contributed by atoms with van der Waals surface area (Å²) in [6.07, 6.45) is 0.959. The molecular formula is C11H17NO3S. The van der Waals surface area contributed by atoms with Crippen molar-refractivity contribution in [2.24, 2.45) is 0 Å². The normalized spacial score (nSPS) is 12.6. The number of carboxylic acids is 1. The van der Waals surface area contributed by atoms with Crippen molar-refractivity contribution in [1.82, 2.24) is 5.32 Å². The van der Waals surface area contributed by atoms with Crippen LogP contribution in [0.3, 0.4) is 0 Å². The van der Waals surface area contributed by atoms with Crippen LogP contribution >= 0.6 is 11.3 Å². The number of aromatic carboxylic acids is 1. The van der Waals surface area contributed by atoms with Gasteiger partial charge in [-0.25, -0.2) is 4.79 Å². The lowest BCUT2D eigenvalue weighted by atomic mass is 10.2. The molecule has 4 nitrogen and oxygen atoms in total. The highest BCUT2D eigenvalue weighted by molar-refractivity contribution is 7.12. The Morgan fingerprint density at radius 1 is 1.69 bits per heavy atom. The number of thiophene rings is 1. The van der Waals surface area contributed by atoms with E-state index in [9.17, 15) is 4.79 Å². The van der Waals surface area contributed by atoms with Crippen LogP contribution < -0.4 is 5.32 Å². The van der Waals surface area contributed by atoms with E-state index < -0.39 is 5.97 Å². The summed E-state index contributed by atoms with van der Waals surface area (Å²) in [5, 5.41) is 14.0. The number of nitrogens with one attached hydrogen (secondary N) is 1. The molecule has 0 aliphatic heterocycles. The standard InChI is InChI=1S/C11H17NO3S/c1-3-9(7-15-2)12-6-8-4-5-16-10(8)11(13)14/h4-5,9,12H,3,6-7H2,1-2H3,(H,13,14). The molecule has 1 heterocycles. The molecule has 0 bridgehead atoms. The first kappa shape index (κ1) is 13.2. The lowest BCUT2D eigenvalue weighted by Crippen LogP contribution is -2.32. The topological polar surface area (TPSA) is 58.6 Å². The predicted molar refractivity (Wildman–Crippen MR) is 64.1 cm³/mol. The molecule has 0 radical (unpaired) electrons. The Labute approximate surface area is 99.2 Å². The predicted octanol–water partition coefficient (Wildman–Crippen LogP) is 1.96. The van der Waals surface area contributed by atoms with E-state index >= 15 is 0 Å².